The average Bonchev–Trinajstić information content (AvgIpc) is 3.21. The minimum Gasteiger partial charge on any atom is -0.374 e. The van der Waals surface area contributed by atoms with E-state index >= 15 is 0 Å². The summed E-state index contributed by atoms with van der Waals surface area (Å²) in [7, 11) is -3.92. The molecule has 4 rings (SSSR count). The van der Waals surface area contributed by atoms with Crippen LogP contribution in [0.4, 0.5) is 4.79 Å². The predicted octanol–water partition coefficient (Wildman–Crippen LogP) is 4.11. The van der Waals surface area contributed by atoms with Crippen molar-refractivity contribution in [3.63, 3.8) is 0 Å². The average molecular weight is 522 g/mol. The van der Waals surface area contributed by atoms with Crippen molar-refractivity contribution in [2.45, 2.75) is 45.6 Å². The van der Waals surface area contributed by atoms with Crippen LogP contribution in [0.25, 0.3) is 16.9 Å². The van der Waals surface area contributed by atoms with Gasteiger partial charge in [0.1, 0.15) is 17.9 Å². The molecule has 0 aliphatic heterocycles. The number of imidazole rings is 1. The number of carbonyl (C=O) groups excluding carboxylic acids is 1. The third kappa shape index (κ3) is 6.15. The highest BCUT2D eigenvalue weighted by Crippen LogP contribution is 2.24. The van der Waals surface area contributed by atoms with Crippen LogP contribution >= 0.6 is 0 Å². The van der Waals surface area contributed by atoms with E-state index in [1.54, 1.807) is 12.1 Å². The Bertz CT molecular complexity index is 1510. The Morgan fingerprint density at radius 1 is 1.00 bits per heavy atom. The summed E-state index contributed by atoms with van der Waals surface area (Å²) in [5, 5.41) is 2.61. The molecule has 0 saturated heterocycles. The number of pyridine rings is 1. The van der Waals surface area contributed by atoms with Crippen molar-refractivity contribution in [1.29, 1.82) is 0 Å². The molecular weight excluding hydrogens is 490 g/mol. The maximum Gasteiger partial charge on any atom is 0.328 e. The third-order valence-electron chi connectivity index (χ3n) is 5.89. The van der Waals surface area contributed by atoms with E-state index in [1.807, 2.05) is 67.3 Å². The van der Waals surface area contributed by atoms with Crippen LogP contribution < -0.4 is 10.0 Å². The topological polar surface area (TPSA) is 115 Å². The number of hydrogen-bond donors (Lipinski definition) is 2. The van der Waals surface area contributed by atoms with Gasteiger partial charge in [-0.15, -0.1) is 0 Å². The lowest BCUT2D eigenvalue weighted by atomic mass is 10.1. The van der Waals surface area contributed by atoms with E-state index < -0.39 is 16.1 Å². The number of urea groups is 1. The maximum absolute atomic E-state index is 12.4. The number of aryl methyl sites for hydroxylation is 3. The monoisotopic (exact) mass is 521 g/mol. The Morgan fingerprint density at radius 3 is 2.38 bits per heavy atom. The second kappa shape index (κ2) is 11.1. The van der Waals surface area contributed by atoms with Gasteiger partial charge in [-0.05, 0) is 75.6 Å². The fourth-order valence-corrected chi connectivity index (χ4v) is 4.96. The van der Waals surface area contributed by atoms with Gasteiger partial charge >= 0.3 is 6.03 Å². The maximum atomic E-state index is 12.4. The van der Waals surface area contributed by atoms with E-state index in [-0.39, 0.29) is 11.4 Å². The number of aromatic nitrogens is 3. The van der Waals surface area contributed by atoms with Gasteiger partial charge in [-0.25, -0.2) is 27.9 Å². The third-order valence-corrected chi connectivity index (χ3v) is 7.24. The summed E-state index contributed by atoms with van der Waals surface area (Å²) in [4.78, 5) is 21.7. The van der Waals surface area contributed by atoms with Crippen molar-refractivity contribution in [3.05, 3.63) is 82.8 Å². The van der Waals surface area contributed by atoms with E-state index in [9.17, 15) is 13.2 Å². The molecule has 10 heteroatoms. The lowest BCUT2D eigenvalue weighted by molar-refractivity contribution is 0.127. The number of rotatable bonds is 9. The minimum atomic E-state index is -3.92. The fourth-order valence-electron chi connectivity index (χ4n) is 4.03. The van der Waals surface area contributed by atoms with Crippen molar-refractivity contribution in [1.82, 2.24) is 24.6 Å². The summed E-state index contributed by atoms with van der Waals surface area (Å²) in [5.74, 6) is 0.777. The number of carbonyl (C=O) groups is 1. The molecule has 2 aromatic heterocycles. The highest BCUT2D eigenvalue weighted by atomic mass is 32.2. The Hall–Kier alpha value is -3.76. The van der Waals surface area contributed by atoms with Gasteiger partial charge in [-0.2, -0.15) is 0 Å². The molecule has 0 aliphatic carbocycles. The van der Waals surface area contributed by atoms with E-state index in [4.69, 9.17) is 14.7 Å². The van der Waals surface area contributed by atoms with Crippen molar-refractivity contribution in [2.75, 3.05) is 13.2 Å². The van der Waals surface area contributed by atoms with E-state index in [2.05, 4.69) is 5.32 Å². The predicted molar refractivity (Wildman–Crippen MR) is 142 cm³/mol. The first-order chi connectivity index (χ1) is 17.7. The molecule has 0 radical (unpaired) electrons. The smallest absolute Gasteiger partial charge is 0.328 e. The molecule has 4 aromatic rings. The van der Waals surface area contributed by atoms with E-state index in [0.29, 0.717) is 19.6 Å². The molecule has 0 spiro atoms. The van der Waals surface area contributed by atoms with Gasteiger partial charge in [0, 0.05) is 24.5 Å². The molecule has 2 amide bonds. The highest BCUT2D eigenvalue weighted by molar-refractivity contribution is 7.90. The summed E-state index contributed by atoms with van der Waals surface area (Å²) >= 11 is 0. The lowest BCUT2D eigenvalue weighted by Gasteiger charge is -2.11. The molecule has 0 aliphatic rings. The second-order valence-corrected chi connectivity index (χ2v) is 10.5. The van der Waals surface area contributed by atoms with Crippen LogP contribution in [0.15, 0.2) is 59.5 Å². The fraction of sp³-hybridized carbons (Fsp3) is 0.296. The van der Waals surface area contributed by atoms with Crippen LogP contribution in [0.5, 0.6) is 0 Å². The van der Waals surface area contributed by atoms with Crippen LogP contribution in [0.3, 0.4) is 0 Å². The Morgan fingerprint density at radius 2 is 1.70 bits per heavy atom. The van der Waals surface area contributed by atoms with Gasteiger partial charge in [0.05, 0.1) is 4.90 Å². The van der Waals surface area contributed by atoms with Crippen molar-refractivity contribution >= 4 is 27.2 Å². The van der Waals surface area contributed by atoms with Gasteiger partial charge in [0.2, 0.25) is 0 Å². The van der Waals surface area contributed by atoms with Crippen molar-refractivity contribution in [2.24, 2.45) is 0 Å². The van der Waals surface area contributed by atoms with Gasteiger partial charge in [0.25, 0.3) is 10.0 Å². The second-order valence-electron chi connectivity index (χ2n) is 8.84. The number of amides is 2. The van der Waals surface area contributed by atoms with Crippen LogP contribution in [0.1, 0.15) is 35.1 Å². The van der Waals surface area contributed by atoms with Gasteiger partial charge < -0.3 is 10.1 Å². The molecule has 9 nitrogen and oxygen atoms in total. The summed E-state index contributed by atoms with van der Waals surface area (Å²) in [6.45, 7) is 9.03. The zero-order valence-corrected chi connectivity index (χ0v) is 22.2. The number of ether oxygens (including phenoxy) is 1. The number of benzene rings is 2. The summed E-state index contributed by atoms with van der Waals surface area (Å²) in [6.07, 6.45) is 0.533. The van der Waals surface area contributed by atoms with Gasteiger partial charge in [-0.1, -0.05) is 29.8 Å². The molecule has 0 saturated carbocycles. The SMILES string of the molecule is CCOCc1nc2c(C)cc(C)nc2n1-c1ccc(CCNC(=O)NS(=O)(=O)c2ccc(C)cc2)cc1. The minimum absolute atomic E-state index is 0.0412. The molecule has 0 unspecified atom stereocenters. The number of sulfonamides is 1. The van der Waals surface area contributed by atoms with Crippen molar-refractivity contribution < 1.29 is 17.9 Å². The molecule has 0 atom stereocenters. The largest absolute Gasteiger partial charge is 0.374 e. The summed E-state index contributed by atoms with van der Waals surface area (Å²) in [6, 6.07) is 15.4. The molecular formula is C27H31N5O4S. The van der Waals surface area contributed by atoms with Gasteiger partial charge in [-0.3, -0.25) is 4.57 Å². The Labute approximate surface area is 217 Å². The first-order valence-electron chi connectivity index (χ1n) is 12.1. The number of fused-ring (bicyclic) bond motifs is 1. The van der Waals surface area contributed by atoms with Crippen LogP contribution in [-0.2, 0) is 27.8 Å². The van der Waals surface area contributed by atoms with Crippen molar-refractivity contribution in [3.8, 4) is 5.69 Å². The van der Waals surface area contributed by atoms with Crippen LogP contribution in [-0.4, -0.2) is 42.1 Å². The summed E-state index contributed by atoms with van der Waals surface area (Å²) in [5.41, 5.74) is 6.44. The molecule has 0 bridgehead atoms. The quantitative estimate of drug-likeness (QED) is 0.343. The highest BCUT2D eigenvalue weighted by Gasteiger charge is 2.18. The Balaban J connectivity index is 1.43. The molecule has 2 heterocycles. The van der Waals surface area contributed by atoms with Crippen LogP contribution in [0, 0.1) is 20.8 Å². The lowest BCUT2D eigenvalue weighted by Crippen LogP contribution is -2.40. The Kier molecular flexibility index (Phi) is 7.89. The molecule has 194 valence electrons. The van der Waals surface area contributed by atoms with E-state index in [1.165, 1.54) is 12.1 Å². The molecule has 37 heavy (non-hydrogen) atoms. The van der Waals surface area contributed by atoms with E-state index in [0.717, 1.165) is 45.1 Å². The number of nitrogens with one attached hydrogen (secondary N) is 2. The summed E-state index contributed by atoms with van der Waals surface area (Å²) < 4.78 is 34.5. The molecule has 2 aromatic carbocycles. The standard InChI is InChI=1S/C27H31N5O4S/c1-5-36-17-24-30-25-19(3)16-20(4)29-26(25)32(24)22-10-8-21(9-11-22)14-15-28-27(33)31-37(34,35)23-12-6-18(2)7-13-23/h6-13,16H,5,14-15,17H2,1-4H3,(H2,28,31,33). The normalized spacial score (nSPS) is 11.6. The zero-order valence-electron chi connectivity index (χ0n) is 21.4. The first kappa shape index (κ1) is 26.3. The van der Waals surface area contributed by atoms with Crippen LogP contribution in [0.2, 0.25) is 0 Å². The first-order valence-corrected chi connectivity index (χ1v) is 13.6. The molecule has 0 fully saturated rings. The van der Waals surface area contributed by atoms with Gasteiger partial charge in [0.15, 0.2) is 5.65 Å². The zero-order chi connectivity index (χ0) is 26.6. The number of nitrogens with zero attached hydrogens (tertiary/aromatic N) is 3. The molecule has 2 N–H and O–H groups in total. The number of hydrogen-bond acceptors (Lipinski definition) is 6.